The summed E-state index contributed by atoms with van der Waals surface area (Å²) >= 11 is 0. The number of hydrogen-bond acceptors (Lipinski definition) is 4. The fraction of sp³-hybridized carbons (Fsp3) is 0.625. The summed E-state index contributed by atoms with van der Waals surface area (Å²) in [6, 6.07) is 8.43. The summed E-state index contributed by atoms with van der Waals surface area (Å²) in [5, 5.41) is 0. The van der Waals surface area contributed by atoms with Crippen LogP contribution in [0.5, 0.6) is 0 Å². The fourth-order valence-electron chi connectivity index (χ4n) is 3.41. The van der Waals surface area contributed by atoms with Crippen molar-refractivity contribution in [1.82, 2.24) is 4.90 Å². The van der Waals surface area contributed by atoms with Crippen LogP contribution >= 0.6 is 0 Å². The van der Waals surface area contributed by atoms with Gasteiger partial charge in [0.1, 0.15) is 0 Å². The molecule has 0 bridgehead atoms. The van der Waals surface area contributed by atoms with Gasteiger partial charge in [-0.1, -0.05) is 18.6 Å². The van der Waals surface area contributed by atoms with Gasteiger partial charge in [-0.3, -0.25) is 4.90 Å². The molecule has 3 atom stereocenters. The highest BCUT2D eigenvalue weighted by atomic mass is 32.2. The van der Waals surface area contributed by atoms with E-state index in [-0.39, 0.29) is 6.04 Å². The maximum atomic E-state index is 11.5. The average molecular weight is 310 g/mol. The second-order valence-electron chi connectivity index (χ2n) is 6.13. The second-order valence-corrected chi connectivity index (χ2v) is 8.15. The van der Waals surface area contributed by atoms with E-state index in [9.17, 15) is 8.42 Å². The molecule has 0 aliphatic carbocycles. The van der Waals surface area contributed by atoms with Crippen molar-refractivity contribution in [1.29, 1.82) is 0 Å². The third-order valence-corrected chi connectivity index (χ3v) is 5.73. The zero-order chi connectivity index (χ0) is 15.6. The van der Waals surface area contributed by atoms with E-state index in [4.69, 9.17) is 5.73 Å². The lowest BCUT2D eigenvalue weighted by molar-refractivity contribution is 0.0570. The molecule has 0 aromatic heterocycles. The molecular formula is C16H26N2O2S. The molecule has 2 rings (SSSR count). The Morgan fingerprint density at radius 3 is 2.43 bits per heavy atom. The van der Waals surface area contributed by atoms with Crippen molar-refractivity contribution >= 4 is 9.84 Å². The van der Waals surface area contributed by atoms with Crippen molar-refractivity contribution in [2.45, 2.75) is 56.1 Å². The lowest BCUT2D eigenvalue weighted by atomic mass is 9.92. The highest BCUT2D eigenvalue weighted by Gasteiger charge is 2.31. The van der Waals surface area contributed by atoms with Gasteiger partial charge in [0, 0.05) is 30.9 Å². The highest BCUT2D eigenvalue weighted by Crippen LogP contribution is 2.32. The highest BCUT2D eigenvalue weighted by molar-refractivity contribution is 7.90. The molecule has 1 fully saturated rings. The Hall–Kier alpha value is -0.910. The molecule has 1 aromatic rings. The lowest BCUT2D eigenvalue weighted by Crippen LogP contribution is -2.49. The summed E-state index contributed by atoms with van der Waals surface area (Å²) in [5.74, 6) is 0. The Morgan fingerprint density at radius 2 is 1.90 bits per heavy atom. The largest absolute Gasteiger partial charge is 0.329 e. The summed E-state index contributed by atoms with van der Waals surface area (Å²) in [7, 11) is -3.13. The molecule has 1 aromatic carbocycles. The van der Waals surface area contributed by atoms with Crippen LogP contribution in [0.15, 0.2) is 29.2 Å². The summed E-state index contributed by atoms with van der Waals surface area (Å²) in [4.78, 5) is 2.86. The average Bonchev–Trinajstić information content (AvgIpc) is 2.45. The molecule has 4 nitrogen and oxygen atoms in total. The molecule has 5 heteroatoms. The predicted molar refractivity (Wildman–Crippen MR) is 86.0 cm³/mol. The van der Waals surface area contributed by atoms with Gasteiger partial charge in [0.25, 0.3) is 0 Å². The summed E-state index contributed by atoms with van der Waals surface area (Å²) in [6.07, 6.45) is 4.82. The monoisotopic (exact) mass is 310 g/mol. The Balaban J connectivity index is 2.24. The van der Waals surface area contributed by atoms with E-state index in [0.29, 0.717) is 23.5 Å². The molecule has 1 saturated heterocycles. The first-order valence-corrected chi connectivity index (χ1v) is 9.51. The van der Waals surface area contributed by atoms with Crippen LogP contribution in [0, 0.1) is 0 Å². The van der Waals surface area contributed by atoms with E-state index in [1.54, 1.807) is 12.1 Å². The number of rotatable bonds is 4. The Morgan fingerprint density at radius 1 is 1.29 bits per heavy atom. The first-order chi connectivity index (χ1) is 9.84. The van der Waals surface area contributed by atoms with Crippen molar-refractivity contribution in [3.63, 3.8) is 0 Å². The first-order valence-electron chi connectivity index (χ1n) is 7.62. The molecule has 0 saturated carbocycles. The molecule has 1 heterocycles. The maximum Gasteiger partial charge on any atom is 0.175 e. The van der Waals surface area contributed by atoms with E-state index in [1.165, 1.54) is 19.1 Å². The maximum absolute atomic E-state index is 11.5. The van der Waals surface area contributed by atoms with Crippen LogP contribution in [0.2, 0.25) is 0 Å². The first kappa shape index (κ1) is 16.5. The minimum Gasteiger partial charge on any atom is -0.329 e. The van der Waals surface area contributed by atoms with Crippen LogP contribution in [-0.2, 0) is 9.84 Å². The third kappa shape index (κ3) is 3.65. The predicted octanol–water partition coefficient (Wildman–Crippen LogP) is 2.35. The quantitative estimate of drug-likeness (QED) is 0.927. The van der Waals surface area contributed by atoms with Crippen LogP contribution in [0.4, 0.5) is 0 Å². The molecule has 1 aliphatic heterocycles. The van der Waals surface area contributed by atoms with E-state index in [1.807, 2.05) is 12.1 Å². The minimum atomic E-state index is -3.13. The van der Waals surface area contributed by atoms with Crippen LogP contribution in [0.25, 0.3) is 0 Å². The van der Waals surface area contributed by atoms with Crippen LogP contribution in [-0.4, -0.2) is 38.2 Å². The number of nitrogens with zero attached hydrogens (tertiary/aromatic N) is 1. The number of hydrogen-bond donors (Lipinski definition) is 1. The zero-order valence-electron chi connectivity index (χ0n) is 13.1. The zero-order valence-corrected chi connectivity index (χ0v) is 13.9. The van der Waals surface area contributed by atoms with E-state index in [0.717, 1.165) is 12.0 Å². The minimum absolute atomic E-state index is 0.252. The summed E-state index contributed by atoms with van der Waals surface area (Å²) in [5.41, 5.74) is 7.08. The van der Waals surface area contributed by atoms with Crippen LogP contribution < -0.4 is 5.73 Å². The van der Waals surface area contributed by atoms with Crippen molar-refractivity contribution in [3.8, 4) is 0 Å². The molecule has 1 aliphatic rings. The van der Waals surface area contributed by atoms with Gasteiger partial charge in [-0.15, -0.1) is 0 Å². The van der Waals surface area contributed by atoms with Crippen molar-refractivity contribution in [2.24, 2.45) is 5.73 Å². The molecule has 118 valence electrons. The number of benzene rings is 1. The normalized spacial score (nSPS) is 25.7. The molecule has 3 unspecified atom stereocenters. The van der Waals surface area contributed by atoms with Gasteiger partial charge in [-0.2, -0.15) is 0 Å². The molecule has 0 amide bonds. The van der Waals surface area contributed by atoms with Crippen molar-refractivity contribution in [2.75, 3.05) is 12.8 Å². The second kappa shape index (κ2) is 6.46. The fourth-order valence-corrected chi connectivity index (χ4v) is 4.04. The lowest BCUT2D eigenvalue weighted by Gasteiger charge is -2.44. The topological polar surface area (TPSA) is 63.4 Å². The standard InChI is InChI=1S/C16H26N2O2S/c1-12-5-4-6-15(11-17)18(12)13(2)14-7-9-16(10-8-14)21(3,19)20/h7-10,12-13,15H,4-6,11,17H2,1-3H3. The number of piperidine rings is 1. The van der Waals surface area contributed by atoms with Gasteiger partial charge in [0.05, 0.1) is 4.90 Å². The SMILES string of the molecule is CC1CCCC(CN)N1C(C)c1ccc(S(C)(=O)=O)cc1. The molecular weight excluding hydrogens is 284 g/mol. The smallest absolute Gasteiger partial charge is 0.175 e. The molecule has 0 radical (unpaired) electrons. The van der Waals surface area contributed by atoms with Gasteiger partial charge >= 0.3 is 0 Å². The number of sulfone groups is 1. The van der Waals surface area contributed by atoms with E-state index >= 15 is 0 Å². The molecule has 2 N–H and O–H groups in total. The van der Waals surface area contributed by atoms with Crippen LogP contribution in [0.1, 0.15) is 44.7 Å². The third-order valence-electron chi connectivity index (χ3n) is 4.60. The molecule has 0 spiro atoms. The van der Waals surface area contributed by atoms with Gasteiger partial charge in [0.15, 0.2) is 9.84 Å². The van der Waals surface area contributed by atoms with E-state index < -0.39 is 9.84 Å². The Bertz CT molecular complexity index is 568. The van der Waals surface area contributed by atoms with Gasteiger partial charge in [-0.05, 0) is 44.4 Å². The van der Waals surface area contributed by atoms with Crippen molar-refractivity contribution < 1.29 is 8.42 Å². The summed E-state index contributed by atoms with van der Waals surface area (Å²) < 4.78 is 23.1. The Labute approximate surface area is 128 Å². The van der Waals surface area contributed by atoms with Gasteiger partial charge in [-0.25, -0.2) is 8.42 Å². The summed E-state index contributed by atoms with van der Waals surface area (Å²) in [6.45, 7) is 5.11. The number of nitrogens with two attached hydrogens (primary N) is 1. The molecule has 21 heavy (non-hydrogen) atoms. The van der Waals surface area contributed by atoms with Crippen molar-refractivity contribution in [3.05, 3.63) is 29.8 Å². The van der Waals surface area contributed by atoms with Gasteiger partial charge < -0.3 is 5.73 Å². The Kier molecular flexibility index (Phi) is 5.07. The van der Waals surface area contributed by atoms with E-state index in [2.05, 4.69) is 18.7 Å². The van der Waals surface area contributed by atoms with Crippen LogP contribution in [0.3, 0.4) is 0 Å². The number of likely N-dealkylation sites (tertiary alicyclic amines) is 1. The van der Waals surface area contributed by atoms with Gasteiger partial charge in [0.2, 0.25) is 0 Å².